The molecule has 2 aromatic carbocycles. The van der Waals surface area contributed by atoms with Gasteiger partial charge in [0.25, 0.3) is 5.91 Å². The molecule has 2 aliphatic rings. The molecular formula is C25H27N3O4S. The van der Waals surface area contributed by atoms with Crippen LogP contribution in [0.25, 0.3) is 11.3 Å². The van der Waals surface area contributed by atoms with Gasteiger partial charge in [0.1, 0.15) is 11.5 Å². The summed E-state index contributed by atoms with van der Waals surface area (Å²) in [6, 6.07) is 17.7. The van der Waals surface area contributed by atoms with Crippen molar-refractivity contribution in [2.45, 2.75) is 11.6 Å². The van der Waals surface area contributed by atoms with Gasteiger partial charge in [0, 0.05) is 66.6 Å². The van der Waals surface area contributed by atoms with E-state index in [4.69, 9.17) is 9.47 Å². The highest BCUT2D eigenvalue weighted by Gasteiger charge is 2.31. The van der Waals surface area contributed by atoms with Gasteiger partial charge in [-0.2, -0.15) is 0 Å². The molecule has 0 radical (unpaired) electrons. The van der Waals surface area contributed by atoms with Crippen LogP contribution < -0.4 is 14.4 Å². The highest BCUT2D eigenvalue weighted by atomic mass is 32.2. The smallest absolute Gasteiger partial charge is 0.256 e. The first kappa shape index (κ1) is 21.6. The van der Waals surface area contributed by atoms with Gasteiger partial charge in [-0.3, -0.25) is 9.00 Å². The van der Waals surface area contributed by atoms with Gasteiger partial charge in [0.05, 0.1) is 37.1 Å². The van der Waals surface area contributed by atoms with E-state index < -0.39 is 10.8 Å². The number of piperazine rings is 1. The van der Waals surface area contributed by atoms with Crippen LogP contribution in [0.15, 0.2) is 54.6 Å². The SMILES string of the molecule is COc1cc(OC)cc(N2CCN(C(=O)c3cc4n(c3-c3ccccc3)CS(=O)C4)CC2)c1. The zero-order chi connectivity index (χ0) is 22.9. The maximum absolute atomic E-state index is 13.6. The molecule has 1 amide bonds. The summed E-state index contributed by atoms with van der Waals surface area (Å²) in [5.41, 5.74) is 4.55. The zero-order valence-corrected chi connectivity index (χ0v) is 19.6. The second kappa shape index (κ2) is 8.94. The third kappa shape index (κ3) is 4.11. The Labute approximate surface area is 196 Å². The lowest BCUT2D eigenvalue weighted by Crippen LogP contribution is -2.48. The van der Waals surface area contributed by atoms with Gasteiger partial charge in [-0.25, -0.2) is 0 Å². The Morgan fingerprint density at radius 2 is 1.58 bits per heavy atom. The zero-order valence-electron chi connectivity index (χ0n) is 18.8. The summed E-state index contributed by atoms with van der Waals surface area (Å²) in [7, 11) is 2.37. The lowest BCUT2D eigenvalue weighted by Gasteiger charge is -2.36. The van der Waals surface area contributed by atoms with Crippen LogP contribution in [0.3, 0.4) is 0 Å². The van der Waals surface area contributed by atoms with Crippen molar-refractivity contribution in [3.63, 3.8) is 0 Å². The Morgan fingerprint density at radius 1 is 0.909 bits per heavy atom. The Balaban J connectivity index is 1.37. The molecule has 3 heterocycles. The van der Waals surface area contributed by atoms with E-state index in [2.05, 4.69) is 9.47 Å². The average molecular weight is 466 g/mol. The number of methoxy groups -OCH3 is 2. The largest absolute Gasteiger partial charge is 0.497 e. The van der Waals surface area contributed by atoms with Crippen molar-refractivity contribution in [3.8, 4) is 22.8 Å². The molecule has 0 bridgehead atoms. The number of rotatable bonds is 5. The molecule has 1 saturated heterocycles. The van der Waals surface area contributed by atoms with Gasteiger partial charge in [-0.05, 0) is 11.6 Å². The van der Waals surface area contributed by atoms with Crippen LogP contribution in [0, 0.1) is 0 Å². The predicted molar refractivity (Wildman–Crippen MR) is 129 cm³/mol. The fourth-order valence-corrected chi connectivity index (χ4v) is 5.85. The summed E-state index contributed by atoms with van der Waals surface area (Å²) in [6.07, 6.45) is 0. The number of benzene rings is 2. The number of ether oxygens (including phenoxy) is 2. The molecule has 0 aliphatic carbocycles. The van der Waals surface area contributed by atoms with E-state index >= 15 is 0 Å². The molecule has 2 aliphatic heterocycles. The predicted octanol–water partition coefficient (Wildman–Crippen LogP) is 3.35. The quantitative estimate of drug-likeness (QED) is 0.578. The summed E-state index contributed by atoms with van der Waals surface area (Å²) in [5, 5.41) is 0. The molecule has 8 heteroatoms. The molecule has 0 saturated carbocycles. The minimum atomic E-state index is -0.919. The fourth-order valence-electron chi connectivity index (χ4n) is 4.61. The number of hydrogen-bond acceptors (Lipinski definition) is 5. The number of fused-ring (bicyclic) bond motifs is 1. The standard InChI is InChI=1S/C25H27N3O4S/c1-31-21-12-19(13-22(15-21)32-2)26-8-10-27(11-9-26)25(29)23-14-20-16-33(30)17-28(20)24(23)18-6-4-3-5-7-18/h3-7,12-15H,8-11,16-17H2,1-2H3. The molecule has 1 unspecified atom stereocenters. The number of carbonyl (C=O) groups is 1. The van der Waals surface area contributed by atoms with E-state index in [0.29, 0.717) is 30.3 Å². The second-order valence-corrected chi connectivity index (χ2v) is 9.68. The van der Waals surface area contributed by atoms with Crippen LogP contribution in [0.5, 0.6) is 11.5 Å². The first-order chi connectivity index (χ1) is 16.1. The number of hydrogen-bond donors (Lipinski definition) is 0. The molecule has 33 heavy (non-hydrogen) atoms. The number of anilines is 1. The average Bonchev–Trinajstić information content (AvgIpc) is 3.39. The van der Waals surface area contributed by atoms with Gasteiger partial charge in [-0.1, -0.05) is 30.3 Å². The summed E-state index contributed by atoms with van der Waals surface area (Å²) < 4.78 is 25.0. The van der Waals surface area contributed by atoms with Crippen molar-refractivity contribution in [3.05, 3.63) is 65.9 Å². The monoisotopic (exact) mass is 465 g/mol. The van der Waals surface area contributed by atoms with Gasteiger partial charge < -0.3 is 23.8 Å². The summed E-state index contributed by atoms with van der Waals surface area (Å²) in [5.74, 6) is 2.47. The van der Waals surface area contributed by atoms with Crippen LogP contribution in [-0.2, 0) is 22.4 Å². The topological polar surface area (TPSA) is 64.0 Å². The Morgan fingerprint density at radius 3 is 2.21 bits per heavy atom. The Bertz CT molecular complexity index is 1180. The maximum Gasteiger partial charge on any atom is 0.256 e. The van der Waals surface area contributed by atoms with E-state index in [1.165, 1.54) is 0 Å². The maximum atomic E-state index is 13.6. The van der Waals surface area contributed by atoms with Gasteiger partial charge >= 0.3 is 0 Å². The Kier molecular flexibility index (Phi) is 5.85. The lowest BCUT2D eigenvalue weighted by molar-refractivity contribution is 0.0747. The lowest BCUT2D eigenvalue weighted by atomic mass is 10.1. The fraction of sp³-hybridized carbons (Fsp3) is 0.320. The van der Waals surface area contributed by atoms with Crippen molar-refractivity contribution in [2.24, 2.45) is 0 Å². The molecule has 3 aromatic rings. The number of nitrogens with zero attached hydrogens (tertiary/aromatic N) is 3. The Hall–Kier alpha value is -3.26. The molecular weight excluding hydrogens is 438 g/mol. The molecule has 5 rings (SSSR count). The van der Waals surface area contributed by atoms with E-state index in [0.717, 1.165) is 47.2 Å². The molecule has 0 spiro atoms. The van der Waals surface area contributed by atoms with E-state index in [1.54, 1.807) is 14.2 Å². The molecule has 1 aromatic heterocycles. The van der Waals surface area contributed by atoms with Crippen molar-refractivity contribution < 1.29 is 18.5 Å². The molecule has 172 valence electrons. The van der Waals surface area contributed by atoms with Crippen LogP contribution in [-0.4, -0.2) is 60.0 Å². The third-order valence-electron chi connectivity index (χ3n) is 6.31. The number of aromatic nitrogens is 1. The third-order valence-corrected chi connectivity index (χ3v) is 7.47. The van der Waals surface area contributed by atoms with Crippen LogP contribution >= 0.6 is 0 Å². The van der Waals surface area contributed by atoms with Crippen molar-refractivity contribution in [2.75, 3.05) is 45.3 Å². The minimum absolute atomic E-state index is 0.0319. The molecule has 1 atom stereocenters. The van der Waals surface area contributed by atoms with Crippen LogP contribution in [0.4, 0.5) is 5.69 Å². The van der Waals surface area contributed by atoms with Crippen molar-refractivity contribution in [1.82, 2.24) is 9.47 Å². The summed E-state index contributed by atoms with van der Waals surface area (Å²) in [4.78, 5) is 17.8. The number of amides is 1. The minimum Gasteiger partial charge on any atom is -0.497 e. The van der Waals surface area contributed by atoms with E-state index in [-0.39, 0.29) is 5.91 Å². The highest BCUT2D eigenvalue weighted by molar-refractivity contribution is 7.83. The summed E-state index contributed by atoms with van der Waals surface area (Å²) >= 11 is 0. The highest BCUT2D eigenvalue weighted by Crippen LogP contribution is 2.34. The molecule has 1 fully saturated rings. The van der Waals surface area contributed by atoms with E-state index in [9.17, 15) is 9.00 Å². The second-order valence-electron chi connectivity index (χ2n) is 8.26. The van der Waals surface area contributed by atoms with E-state index in [1.807, 2.05) is 59.5 Å². The first-order valence-electron chi connectivity index (χ1n) is 11.0. The van der Waals surface area contributed by atoms with Crippen LogP contribution in [0.2, 0.25) is 0 Å². The van der Waals surface area contributed by atoms with Crippen LogP contribution in [0.1, 0.15) is 16.1 Å². The van der Waals surface area contributed by atoms with Crippen molar-refractivity contribution >= 4 is 22.4 Å². The van der Waals surface area contributed by atoms with Gasteiger partial charge in [0.15, 0.2) is 0 Å². The summed E-state index contributed by atoms with van der Waals surface area (Å²) in [6.45, 7) is 2.69. The molecule has 0 N–H and O–H groups in total. The van der Waals surface area contributed by atoms with Gasteiger partial charge in [0.2, 0.25) is 0 Å². The first-order valence-corrected chi connectivity index (χ1v) is 12.5. The normalized spacial score (nSPS) is 17.7. The van der Waals surface area contributed by atoms with Gasteiger partial charge in [-0.15, -0.1) is 0 Å². The number of carbonyl (C=O) groups excluding carboxylic acids is 1. The molecule has 7 nitrogen and oxygen atoms in total. The van der Waals surface area contributed by atoms with Crippen molar-refractivity contribution in [1.29, 1.82) is 0 Å².